The predicted molar refractivity (Wildman–Crippen MR) is 75.0 cm³/mol. The maximum atomic E-state index is 10.6. The molecule has 0 heterocycles. The standard InChI is InChI=1S/C15H23NO2/c1-3-13(4-2)16(12-8-11-15(17)18)14-9-6-5-7-10-14/h5-7,9-10,13H,3-4,8,11-12H2,1-2H3,(H,17,18). The van der Waals surface area contributed by atoms with Crippen LogP contribution in [0.2, 0.25) is 0 Å². The van der Waals surface area contributed by atoms with Crippen molar-refractivity contribution in [2.24, 2.45) is 0 Å². The van der Waals surface area contributed by atoms with Crippen molar-refractivity contribution in [3.63, 3.8) is 0 Å². The largest absolute Gasteiger partial charge is 0.481 e. The van der Waals surface area contributed by atoms with Gasteiger partial charge in [-0.1, -0.05) is 32.0 Å². The van der Waals surface area contributed by atoms with Gasteiger partial charge in [-0.3, -0.25) is 4.79 Å². The number of aliphatic carboxylic acids is 1. The fourth-order valence-electron chi connectivity index (χ4n) is 2.27. The summed E-state index contributed by atoms with van der Waals surface area (Å²) in [7, 11) is 0. The lowest BCUT2D eigenvalue weighted by Crippen LogP contribution is -2.35. The van der Waals surface area contributed by atoms with Crippen LogP contribution in [0.25, 0.3) is 0 Å². The van der Waals surface area contributed by atoms with Crippen LogP contribution in [0, 0.1) is 0 Å². The molecule has 0 aromatic heterocycles. The smallest absolute Gasteiger partial charge is 0.303 e. The Balaban J connectivity index is 2.72. The van der Waals surface area contributed by atoms with Crippen molar-refractivity contribution in [1.82, 2.24) is 0 Å². The zero-order chi connectivity index (χ0) is 13.4. The summed E-state index contributed by atoms with van der Waals surface area (Å²) in [6.45, 7) is 5.17. The summed E-state index contributed by atoms with van der Waals surface area (Å²) in [5.74, 6) is -0.715. The number of anilines is 1. The maximum absolute atomic E-state index is 10.6. The maximum Gasteiger partial charge on any atom is 0.303 e. The highest BCUT2D eigenvalue weighted by atomic mass is 16.4. The number of rotatable bonds is 8. The third kappa shape index (κ3) is 4.40. The molecule has 0 aliphatic carbocycles. The zero-order valence-corrected chi connectivity index (χ0v) is 11.3. The van der Waals surface area contributed by atoms with Crippen molar-refractivity contribution in [1.29, 1.82) is 0 Å². The van der Waals surface area contributed by atoms with E-state index < -0.39 is 5.97 Å². The number of hydrogen-bond donors (Lipinski definition) is 1. The molecule has 1 N–H and O–H groups in total. The first kappa shape index (κ1) is 14.6. The molecule has 0 atom stereocenters. The molecule has 0 amide bonds. The monoisotopic (exact) mass is 249 g/mol. The van der Waals surface area contributed by atoms with E-state index in [0.717, 1.165) is 19.4 Å². The molecular formula is C15H23NO2. The topological polar surface area (TPSA) is 40.5 Å². The molecule has 0 aliphatic rings. The van der Waals surface area contributed by atoms with E-state index in [4.69, 9.17) is 5.11 Å². The molecule has 1 rings (SSSR count). The molecule has 3 heteroatoms. The molecule has 0 saturated carbocycles. The fraction of sp³-hybridized carbons (Fsp3) is 0.533. The number of carboxylic acids is 1. The first-order chi connectivity index (χ1) is 8.69. The third-order valence-corrected chi connectivity index (χ3v) is 3.26. The van der Waals surface area contributed by atoms with Crippen molar-refractivity contribution in [3.05, 3.63) is 30.3 Å². The SMILES string of the molecule is CCC(CC)N(CCCC(=O)O)c1ccccc1. The molecule has 1 aromatic carbocycles. The van der Waals surface area contributed by atoms with Crippen LogP contribution in [-0.2, 0) is 4.79 Å². The van der Waals surface area contributed by atoms with Crippen molar-refractivity contribution < 1.29 is 9.90 Å². The van der Waals surface area contributed by atoms with Gasteiger partial charge < -0.3 is 10.0 Å². The summed E-state index contributed by atoms with van der Waals surface area (Å²) >= 11 is 0. The van der Waals surface area contributed by atoms with E-state index in [1.54, 1.807) is 0 Å². The second kappa shape index (κ2) is 7.75. The van der Waals surface area contributed by atoms with Gasteiger partial charge in [0.2, 0.25) is 0 Å². The molecule has 1 aromatic rings. The van der Waals surface area contributed by atoms with Crippen LogP contribution < -0.4 is 4.90 Å². The Morgan fingerprint density at radius 1 is 1.22 bits per heavy atom. The minimum atomic E-state index is -0.715. The quantitative estimate of drug-likeness (QED) is 0.766. The van der Waals surface area contributed by atoms with E-state index in [-0.39, 0.29) is 6.42 Å². The van der Waals surface area contributed by atoms with Gasteiger partial charge >= 0.3 is 5.97 Å². The molecule has 0 aliphatic heterocycles. The minimum absolute atomic E-state index is 0.240. The number of carboxylic acid groups (broad SMARTS) is 1. The Kier molecular flexibility index (Phi) is 6.26. The number of carbonyl (C=O) groups is 1. The van der Waals surface area contributed by atoms with Crippen molar-refractivity contribution in [2.75, 3.05) is 11.4 Å². The number of para-hydroxylation sites is 1. The Labute approximate surface area is 109 Å². The summed E-state index contributed by atoms with van der Waals surface area (Å²) in [5, 5.41) is 8.73. The average molecular weight is 249 g/mol. The Morgan fingerprint density at radius 3 is 2.33 bits per heavy atom. The van der Waals surface area contributed by atoms with Gasteiger partial charge in [-0.15, -0.1) is 0 Å². The van der Waals surface area contributed by atoms with Crippen LogP contribution in [0.1, 0.15) is 39.5 Å². The van der Waals surface area contributed by atoms with Gasteiger partial charge in [0.25, 0.3) is 0 Å². The van der Waals surface area contributed by atoms with E-state index in [1.165, 1.54) is 5.69 Å². The van der Waals surface area contributed by atoms with Crippen molar-refractivity contribution >= 4 is 11.7 Å². The lowest BCUT2D eigenvalue weighted by molar-refractivity contribution is -0.137. The van der Waals surface area contributed by atoms with Crippen LogP contribution in [0.4, 0.5) is 5.69 Å². The van der Waals surface area contributed by atoms with E-state index in [1.807, 2.05) is 18.2 Å². The second-order valence-corrected chi connectivity index (χ2v) is 4.50. The number of nitrogens with zero attached hydrogens (tertiary/aromatic N) is 1. The zero-order valence-electron chi connectivity index (χ0n) is 11.3. The number of hydrogen-bond acceptors (Lipinski definition) is 2. The van der Waals surface area contributed by atoms with E-state index in [9.17, 15) is 4.79 Å². The number of benzene rings is 1. The molecule has 0 fully saturated rings. The molecule has 0 radical (unpaired) electrons. The summed E-state index contributed by atoms with van der Waals surface area (Å²) in [6, 6.07) is 10.7. The minimum Gasteiger partial charge on any atom is -0.481 e. The predicted octanol–water partition coefficient (Wildman–Crippen LogP) is 3.55. The van der Waals surface area contributed by atoms with Crippen LogP contribution in [0.15, 0.2) is 30.3 Å². The third-order valence-electron chi connectivity index (χ3n) is 3.26. The lowest BCUT2D eigenvalue weighted by Gasteiger charge is -2.32. The Morgan fingerprint density at radius 2 is 1.83 bits per heavy atom. The average Bonchev–Trinajstić information content (AvgIpc) is 2.39. The van der Waals surface area contributed by atoms with E-state index >= 15 is 0 Å². The molecule has 0 unspecified atom stereocenters. The molecule has 0 spiro atoms. The molecule has 3 nitrogen and oxygen atoms in total. The van der Waals surface area contributed by atoms with Crippen LogP contribution in [0.3, 0.4) is 0 Å². The summed E-state index contributed by atoms with van der Waals surface area (Å²) in [4.78, 5) is 12.9. The lowest BCUT2D eigenvalue weighted by atomic mass is 10.1. The van der Waals surface area contributed by atoms with Crippen LogP contribution in [0.5, 0.6) is 0 Å². The molecular weight excluding hydrogens is 226 g/mol. The van der Waals surface area contributed by atoms with Gasteiger partial charge in [0.1, 0.15) is 0 Å². The fourth-order valence-corrected chi connectivity index (χ4v) is 2.27. The highest BCUT2D eigenvalue weighted by Crippen LogP contribution is 2.20. The van der Waals surface area contributed by atoms with E-state index in [0.29, 0.717) is 12.5 Å². The summed E-state index contributed by atoms with van der Waals surface area (Å²) in [5.41, 5.74) is 1.19. The second-order valence-electron chi connectivity index (χ2n) is 4.50. The van der Waals surface area contributed by atoms with E-state index in [2.05, 4.69) is 30.9 Å². The van der Waals surface area contributed by atoms with Crippen LogP contribution in [-0.4, -0.2) is 23.7 Å². The van der Waals surface area contributed by atoms with Crippen molar-refractivity contribution in [3.8, 4) is 0 Å². The van der Waals surface area contributed by atoms with Gasteiger partial charge in [0.05, 0.1) is 0 Å². The highest BCUT2D eigenvalue weighted by molar-refractivity contribution is 5.66. The molecule has 0 saturated heterocycles. The van der Waals surface area contributed by atoms with Gasteiger partial charge in [0, 0.05) is 24.7 Å². The van der Waals surface area contributed by atoms with Gasteiger partial charge in [-0.25, -0.2) is 0 Å². The van der Waals surface area contributed by atoms with Gasteiger partial charge in [0.15, 0.2) is 0 Å². The Hall–Kier alpha value is -1.51. The first-order valence-corrected chi connectivity index (χ1v) is 6.72. The van der Waals surface area contributed by atoms with Crippen LogP contribution >= 0.6 is 0 Å². The summed E-state index contributed by atoms with van der Waals surface area (Å²) in [6.07, 6.45) is 3.10. The Bertz CT molecular complexity index is 347. The van der Waals surface area contributed by atoms with Gasteiger partial charge in [-0.05, 0) is 31.4 Å². The first-order valence-electron chi connectivity index (χ1n) is 6.72. The molecule has 18 heavy (non-hydrogen) atoms. The van der Waals surface area contributed by atoms with Crippen molar-refractivity contribution in [2.45, 2.75) is 45.6 Å². The normalized spacial score (nSPS) is 10.6. The molecule has 100 valence electrons. The summed E-state index contributed by atoms with van der Waals surface area (Å²) < 4.78 is 0. The highest BCUT2D eigenvalue weighted by Gasteiger charge is 2.15. The van der Waals surface area contributed by atoms with Gasteiger partial charge in [-0.2, -0.15) is 0 Å². The molecule has 0 bridgehead atoms.